The summed E-state index contributed by atoms with van der Waals surface area (Å²) in [4.78, 5) is 0. The van der Waals surface area contributed by atoms with E-state index in [0.717, 1.165) is 16.9 Å². The summed E-state index contributed by atoms with van der Waals surface area (Å²) < 4.78 is 16.4. The molecule has 108 valence electrons. The Hall–Kier alpha value is -1.14. The number of nitrogens with one attached hydrogen (secondary N) is 1. The molecule has 0 aromatic heterocycles. The van der Waals surface area contributed by atoms with Crippen molar-refractivity contribution in [2.24, 2.45) is 5.84 Å². The van der Waals surface area contributed by atoms with Crippen molar-refractivity contribution in [1.82, 2.24) is 5.43 Å². The molecule has 0 radical (unpaired) electrons. The van der Waals surface area contributed by atoms with Gasteiger partial charge in [0.15, 0.2) is 6.29 Å². The Morgan fingerprint density at radius 2 is 1.84 bits per heavy atom. The number of hydrogen-bond donors (Lipinski definition) is 2. The van der Waals surface area contributed by atoms with Crippen LogP contribution in [0.2, 0.25) is 0 Å². The molecule has 0 saturated heterocycles. The molecular weight excluding hydrogens is 244 g/mol. The van der Waals surface area contributed by atoms with Gasteiger partial charge in [0.25, 0.3) is 0 Å². The third kappa shape index (κ3) is 4.18. The average molecular weight is 268 g/mol. The van der Waals surface area contributed by atoms with Crippen LogP contribution in [-0.4, -0.2) is 26.6 Å². The Kier molecular flexibility index (Phi) is 6.80. The van der Waals surface area contributed by atoms with Crippen molar-refractivity contribution < 1.29 is 14.2 Å². The second-order valence-corrected chi connectivity index (χ2v) is 4.15. The first-order valence-corrected chi connectivity index (χ1v) is 6.51. The lowest BCUT2D eigenvalue weighted by Gasteiger charge is -2.27. The van der Waals surface area contributed by atoms with Gasteiger partial charge < -0.3 is 14.2 Å². The molecule has 5 nitrogen and oxygen atoms in total. The van der Waals surface area contributed by atoms with Gasteiger partial charge in [0.1, 0.15) is 5.75 Å². The molecule has 0 saturated carbocycles. The summed E-state index contributed by atoms with van der Waals surface area (Å²) in [6.45, 7) is 7.01. The fourth-order valence-electron chi connectivity index (χ4n) is 2.01. The zero-order chi connectivity index (χ0) is 14.3. The third-order valence-electron chi connectivity index (χ3n) is 2.93. The molecule has 5 heteroatoms. The normalized spacial score (nSPS) is 12.7. The molecule has 0 aliphatic rings. The fraction of sp³-hybridized carbons (Fsp3) is 0.571. The number of ether oxygens (including phenoxy) is 3. The zero-order valence-corrected chi connectivity index (χ0v) is 12.1. The van der Waals surface area contributed by atoms with Crippen molar-refractivity contribution in [3.63, 3.8) is 0 Å². The first kappa shape index (κ1) is 15.9. The summed E-state index contributed by atoms with van der Waals surface area (Å²) in [5, 5.41) is 0. The molecule has 19 heavy (non-hydrogen) atoms. The van der Waals surface area contributed by atoms with Crippen LogP contribution >= 0.6 is 0 Å². The molecule has 1 atom stereocenters. The van der Waals surface area contributed by atoms with Crippen LogP contribution in [-0.2, 0) is 9.47 Å². The summed E-state index contributed by atoms with van der Waals surface area (Å²) in [6.07, 6.45) is -0.410. The van der Waals surface area contributed by atoms with E-state index in [-0.39, 0.29) is 6.04 Å². The van der Waals surface area contributed by atoms with E-state index in [9.17, 15) is 0 Å². The van der Waals surface area contributed by atoms with E-state index in [1.165, 1.54) is 0 Å². The topological polar surface area (TPSA) is 65.7 Å². The van der Waals surface area contributed by atoms with Crippen LogP contribution in [0.5, 0.6) is 5.75 Å². The van der Waals surface area contributed by atoms with Gasteiger partial charge >= 0.3 is 0 Å². The molecule has 0 aliphatic heterocycles. The highest BCUT2D eigenvalue weighted by Gasteiger charge is 2.24. The van der Waals surface area contributed by atoms with Gasteiger partial charge in [-0.2, -0.15) is 0 Å². The molecule has 3 N–H and O–H groups in total. The van der Waals surface area contributed by atoms with Crippen molar-refractivity contribution >= 4 is 0 Å². The van der Waals surface area contributed by atoms with Crippen LogP contribution in [0.1, 0.15) is 31.0 Å². The lowest BCUT2D eigenvalue weighted by Crippen LogP contribution is -2.40. The largest absolute Gasteiger partial charge is 0.497 e. The monoisotopic (exact) mass is 268 g/mol. The molecular formula is C14H24N2O3. The fourth-order valence-corrected chi connectivity index (χ4v) is 2.01. The average Bonchev–Trinajstić information content (AvgIpc) is 2.41. The Morgan fingerprint density at radius 3 is 2.26 bits per heavy atom. The molecule has 1 unspecified atom stereocenters. The predicted octanol–water partition coefficient (Wildman–Crippen LogP) is 1.91. The van der Waals surface area contributed by atoms with E-state index < -0.39 is 6.29 Å². The van der Waals surface area contributed by atoms with Crippen molar-refractivity contribution in [2.45, 2.75) is 33.1 Å². The summed E-state index contributed by atoms with van der Waals surface area (Å²) >= 11 is 0. The van der Waals surface area contributed by atoms with Crippen LogP contribution in [0.25, 0.3) is 0 Å². The predicted molar refractivity (Wildman–Crippen MR) is 74.8 cm³/mol. The minimum atomic E-state index is -0.410. The molecule has 0 aliphatic carbocycles. The van der Waals surface area contributed by atoms with Crippen LogP contribution < -0.4 is 16.0 Å². The summed E-state index contributed by atoms with van der Waals surface area (Å²) in [7, 11) is 1.65. The lowest BCUT2D eigenvalue weighted by atomic mass is 10.0. The molecule has 0 bridgehead atoms. The van der Waals surface area contributed by atoms with Crippen LogP contribution in [0.15, 0.2) is 18.2 Å². The molecule has 0 heterocycles. The van der Waals surface area contributed by atoms with E-state index in [1.807, 2.05) is 39.0 Å². The van der Waals surface area contributed by atoms with Crippen molar-refractivity contribution in [3.05, 3.63) is 29.3 Å². The second kappa shape index (κ2) is 8.12. The first-order chi connectivity index (χ1) is 9.17. The van der Waals surface area contributed by atoms with Gasteiger partial charge in [0.2, 0.25) is 0 Å². The van der Waals surface area contributed by atoms with Gasteiger partial charge in [-0.15, -0.1) is 0 Å². The highest BCUT2D eigenvalue weighted by atomic mass is 16.7. The van der Waals surface area contributed by atoms with E-state index in [2.05, 4.69) is 5.43 Å². The maximum absolute atomic E-state index is 5.66. The van der Waals surface area contributed by atoms with E-state index in [0.29, 0.717) is 13.2 Å². The summed E-state index contributed by atoms with van der Waals surface area (Å²) in [5.41, 5.74) is 4.89. The molecule has 1 aromatic carbocycles. The smallest absolute Gasteiger partial charge is 0.178 e. The highest BCUT2D eigenvalue weighted by Crippen LogP contribution is 2.26. The molecule has 0 amide bonds. The second-order valence-electron chi connectivity index (χ2n) is 4.15. The van der Waals surface area contributed by atoms with Gasteiger partial charge in [-0.05, 0) is 44.0 Å². The van der Waals surface area contributed by atoms with Gasteiger partial charge in [0.05, 0.1) is 13.2 Å². The number of benzene rings is 1. The van der Waals surface area contributed by atoms with Gasteiger partial charge in [0, 0.05) is 13.2 Å². The van der Waals surface area contributed by atoms with E-state index in [1.54, 1.807) is 7.11 Å². The van der Waals surface area contributed by atoms with Crippen LogP contribution in [0.4, 0.5) is 0 Å². The Morgan fingerprint density at radius 1 is 1.21 bits per heavy atom. The first-order valence-electron chi connectivity index (χ1n) is 6.51. The molecule has 1 rings (SSSR count). The molecule has 0 spiro atoms. The minimum Gasteiger partial charge on any atom is -0.497 e. The summed E-state index contributed by atoms with van der Waals surface area (Å²) in [6, 6.07) is 5.63. The maximum atomic E-state index is 5.66. The lowest BCUT2D eigenvalue weighted by molar-refractivity contribution is -0.155. The van der Waals surface area contributed by atoms with Crippen LogP contribution in [0.3, 0.4) is 0 Å². The molecule has 0 fully saturated rings. The Labute approximate surface area is 115 Å². The third-order valence-corrected chi connectivity index (χ3v) is 2.93. The van der Waals surface area contributed by atoms with Crippen molar-refractivity contribution in [3.8, 4) is 5.75 Å². The van der Waals surface area contributed by atoms with Crippen molar-refractivity contribution in [2.75, 3.05) is 20.3 Å². The minimum absolute atomic E-state index is 0.217. The standard InChI is InChI=1S/C14H24N2O3/c1-5-18-14(19-6-2)13(16-15)12-8-7-11(17-4)9-10(12)3/h7-9,13-14,16H,5-6,15H2,1-4H3. The number of aryl methyl sites for hydroxylation is 1. The number of nitrogens with two attached hydrogens (primary N) is 1. The summed E-state index contributed by atoms with van der Waals surface area (Å²) in [5.74, 6) is 6.49. The Balaban J connectivity index is 2.99. The molecule has 1 aromatic rings. The van der Waals surface area contributed by atoms with E-state index >= 15 is 0 Å². The number of hydrogen-bond acceptors (Lipinski definition) is 5. The SMILES string of the molecule is CCOC(OCC)C(NN)c1ccc(OC)cc1C. The number of rotatable bonds is 8. The van der Waals surface area contributed by atoms with Crippen LogP contribution in [0, 0.1) is 6.92 Å². The maximum Gasteiger partial charge on any atom is 0.178 e. The van der Waals surface area contributed by atoms with E-state index in [4.69, 9.17) is 20.1 Å². The van der Waals surface area contributed by atoms with Gasteiger partial charge in [-0.3, -0.25) is 5.84 Å². The Bertz CT molecular complexity index is 379. The number of methoxy groups -OCH3 is 1. The quantitative estimate of drug-likeness (QED) is 0.428. The highest BCUT2D eigenvalue weighted by molar-refractivity contribution is 5.36. The van der Waals surface area contributed by atoms with Gasteiger partial charge in [-0.25, -0.2) is 5.43 Å². The van der Waals surface area contributed by atoms with Crippen molar-refractivity contribution in [1.29, 1.82) is 0 Å². The van der Waals surface area contributed by atoms with Gasteiger partial charge in [-0.1, -0.05) is 6.07 Å². The zero-order valence-electron chi connectivity index (χ0n) is 12.1. The number of hydrazine groups is 1.